The molecule has 0 heterocycles. The van der Waals surface area contributed by atoms with Gasteiger partial charge in [-0.25, -0.2) is 0 Å². The first kappa shape index (κ1) is 8.36. The molecule has 0 bridgehead atoms. The fourth-order valence-corrected chi connectivity index (χ4v) is 0.827. The standard InChI is InChI=1S/C5H10N2OS/c1-2-3-9-4-5(6)7-8/h2,8H,1,3-4H2,(H2,6,7). The van der Waals surface area contributed by atoms with Crippen molar-refractivity contribution in [1.82, 2.24) is 0 Å². The van der Waals surface area contributed by atoms with Crippen LogP contribution in [0.15, 0.2) is 17.8 Å². The van der Waals surface area contributed by atoms with Gasteiger partial charge < -0.3 is 10.9 Å². The molecule has 0 aromatic heterocycles. The summed E-state index contributed by atoms with van der Waals surface area (Å²) in [5, 5.41) is 10.9. The Morgan fingerprint density at radius 1 is 1.89 bits per heavy atom. The van der Waals surface area contributed by atoms with E-state index in [1.165, 1.54) is 0 Å². The van der Waals surface area contributed by atoms with Crippen LogP contribution in [0.2, 0.25) is 0 Å². The fraction of sp³-hybridized carbons (Fsp3) is 0.400. The summed E-state index contributed by atoms with van der Waals surface area (Å²) in [6.45, 7) is 3.52. The quantitative estimate of drug-likeness (QED) is 0.153. The lowest BCUT2D eigenvalue weighted by Gasteiger charge is -1.93. The van der Waals surface area contributed by atoms with Crippen LogP contribution in [0.25, 0.3) is 0 Å². The summed E-state index contributed by atoms with van der Waals surface area (Å²) < 4.78 is 0. The van der Waals surface area contributed by atoms with Crippen LogP contribution in [0.3, 0.4) is 0 Å². The number of oxime groups is 1. The molecule has 0 saturated heterocycles. The van der Waals surface area contributed by atoms with E-state index in [1.807, 2.05) is 0 Å². The molecule has 9 heavy (non-hydrogen) atoms. The Hall–Kier alpha value is -0.640. The van der Waals surface area contributed by atoms with Gasteiger partial charge in [0.25, 0.3) is 0 Å². The number of rotatable bonds is 4. The SMILES string of the molecule is C=CCSC/C(N)=N\O. The lowest BCUT2D eigenvalue weighted by molar-refractivity contribution is 0.318. The van der Waals surface area contributed by atoms with Crippen molar-refractivity contribution in [2.45, 2.75) is 0 Å². The van der Waals surface area contributed by atoms with E-state index in [4.69, 9.17) is 10.9 Å². The molecule has 0 unspecified atom stereocenters. The van der Waals surface area contributed by atoms with Crippen molar-refractivity contribution in [3.63, 3.8) is 0 Å². The number of nitrogens with two attached hydrogens (primary N) is 1. The molecule has 3 nitrogen and oxygen atoms in total. The molecule has 0 aliphatic heterocycles. The Kier molecular flexibility index (Phi) is 5.11. The second-order valence-electron chi connectivity index (χ2n) is 1.40. The highest BCUT2D eigenvalue weighted by molar-refractivity contribution is 8.00. The first-order chi connectivity index (χ1) is 4.31. The Labute approximate surface area is 58.6 Å². The minimum Gasteiger partial charge on any atom is -0.409 e. The maximum Gasteiger partial charge on any atom is 0.149 e. The molecule has 0 spiro atoms. The molecule has 0 atom stereocenters. The minimum atomic E-state index is 0.252. The topological polar surface area (TPSA) is 58.6 Å². The van der Waals surface area contributed by atoms with Crippen molar-refractivity contribution in [2.24, 2.45) is 10.9 Å². The average molecular weight is 146 g/mol. The summed E-state index contributed by atoms with van der Waals surface area (Å²) in [6, 6.07) is 0. The van der Waals surface area contributed by atoms with Gasteiger partial charge in [-0.1, -0.05) is 11.2 Å². The predicted molar refractivity (Wildman–Crippen MR) is 40.9 cm³/mol. The van der Waals surface area contributed by atoms with Crippen LogP contribution in [-0.2, 0) is 0 Å². The Morgan fingerprint density at radius 3 is 3.00 bits per heavy atom. The van der Waals surface area contributed by atoms with Crippen molar-refractivity contribution in [2.75, 3.05) is 11.5 Å². The lowest BCUT2D eigenvalue weighted by atomic mass is 10.7. The predicted octanol–water partition coefficient (Wildman–Crippen LogP) is 0.652. The molecule has 0 aromatic rings. The second-order valence-corrected chi connectivity index (χ2v) is 2.43. The smallest absolute Gasteiger partial charge is 0.149 e. The monoisotopic (exact) mass is 146 g/mol. The van der Waals surface area contributed by atoms with Gasteiger partial charge in [0, 0.05) is 5.75 Å². The van der Waals surface area contributed by atoms with Crippen LogP contribution in [-0.4, -0.2) is 22.5 Å². The molecule has 3 N–H and O–H groups in total. The summed E-state index contributed by atoms with van der Waals surface area (Å²) in [6.07, 6.45) is 1.77. The molecular weight excluding hydrogens is 136 g/mol. The number of amidine groups is 1. The Bertz CT molecular complexity index is 114. The minimum absolute atomic E-state index is 0.252. The lowest BCUT2D eigenvalue weighted by Crippen LogP contribution is -2.14. The third kappa shape index (κ3) is 5.23. The van der Waals surface area contributed by atoms with Crippen LogP contribution in [0.1, 0.15) is 0 Å². The Morgan fingerprint density at radius 2 is 2.56 bits per heavy atom. The van der Waals surface area contributed by atoms with Crippen molar-refractivity contribution in [3.05, 3.63) is 12.7 Å². The molecular formula is C5H10N2OS. The third-order valence-electron chi connectivity index (χ3n) is 0.614. The maximum atomic E-state index is 8.06. The van der Waals surface area contributed by atoms with Gasteiger partial charge >= 0.3 is 0 Å². The summed E-state index contributed by atoms with van der Waals surface area (Å²) in [4.78, 5) is 0. The van der Waals surface area contributed by atoms with E-state index in [-0.39, 0.29) is 5.84 Å². The van der Waals surface area contributed by atoms with E-state index in [1.54, 1.807) is 17.8 Å². The van der Waals surface area contributed by atoms with Gasteiger partial charge in [0.05, 0.1) is 5.75 Å². The normalized spacial score (nSPS) is 11.3. The second kappa shape index (κ2) is 5.50. The zero-order chi connectivity index (χ0) is 7.11. The molecule has 52 valence electrons. The zero-order valence-electron chi connectivity index (χ0n) is 5.08. The highest BCUT2D eigenvalue weighted by atomic mass is 32.2. The largest absolute Gasteiger partial charge is 0.409 e. The number of thioether (sulfide) groups is 1. The highest BCUT2D eigenvalue weighted by Gasteiger charge is 1.89. The van der Waals surface area contributed by atoms with Crippen molar-refractivity contribution < 1.29 is 5.21 Å². The van der Waals surface area contributed by atoms with Gasteiger partial charge in [0.2, 0.25) is 0 Å². The van der Waals surface area contributed by atoms with Gasteiger partial charge in [-0.15, -0.1) is 18.3 Å². The van der Waals surface area contributed by atoms with E-state index < -0.39 is 0 Å². The zero-order valence-corrected chi connectivity index (χ0v) is 5.90. The van der Waals surface area contributed by atoms with E-state index in [9.17, 15) is 0 Å². The van der Waals surface area contributed by atoms with Gasteiger partial charge in [0.1, 0.15) is 5.84 Å². The van der Waals surface area contributed by atoms with E-state index in [0.29, 0.717) is 5.75 Å². The highest BCUT2D eigenvalue weighted by Crippen LogP contribution is 1.97. The summed E-state index contributed by atoms with van der Waals surface area (Å²) in [5.74, 6) is 1.64. The molecule has 0 saturated carbocycles. The summed E-state index contributed by atoms with van der Waals surface area (Å²) in [7, 11) is 0. The first-order valence-electron chi connectivity index (χ1n) is 2.46. The number of nitrogens with zero attached hydrogens (tertiary/aromatic N) is 1. The van der Waals surface area contributed by atoms with E-state index in [2.05, 4.69) is 11.7 Å². The third-order valence-corrected chi connectivity index (χ3v) is 1.59. The van der Waals surface area contributed by atoms with Crippen LogP contribution >= 0.6 is 11.8 Å². The van der Waals surface area contributed by atoms with Crippen molar-refractivity contribution in [1.29, 1.82) is 0 Å². The number of hydrogen-bond acceptors (Lipinski definition) is 3. The molecule has 0 amide bonds. The molecule has 0 aliphatic carbocycles. The fourth-order valence-electron chi connectivity index (χ4n) is 0.276. The van der Waals surface area contributed by atoms with Gasteiger partial charge in [0.15, 0.2) is 0 Å². The summed E-state index contributed by atoms with van der Waals surface area (Å²) in [5.41, 5.74) is 5.16. The van der Waals surface area contributed by atoms with Gasteiger partial charge in [-0.3, -0.25) is 0 Å². The molecule has 0 fully saturated rings. The van der Waals surface area contributed by atoms with Crippen LogP contribution in [0, 0.1) is 0 Å². The van der Waals surface area contributed by atoms with Crippen molar-refractivity contribution in [3.8, 4) is 0 Å². The van der Waals surface area contributed by atoms with Crippen LogP contribution in [0.4, 0.5) is 0 Å². The molecule has 0 radical (unpaired) electrons. The molecule has 4 heteroatoms. The maximum absolute atomic E-state index is 8.06. The van der Waals surface area contributed by atoms with Gasteiger partial charge in [-0.05, 0) is 0 Å². The molecule has 0 aliphatic rings. The Balaban J connectivity index is 3.17. The molecule has 0 aromatic carbocycles. The first-order valence-corrected chi connectivity index (χ1v) is 3.61. The van der Waals surface area contributed by atoms with Crippen LogP contribution < -0.4 is 5.73 Å². The number of hydrogen-bond donors (Lipinski definition) is 2. The van der Waals surface area contributed by atoms with E-state index in [0.717, 1.165) is 5.75 Å². The summed E-state index contributed by atoms with van der Waals surface area (Å²) >= 11 is 1.55. The van der Waals surface area contributed by atoms with Gasteiger partial charge in [-0.2, -0.15) is 0 Å². The average Bonchev–Trinajstić information content (AvgIpc) is 1.89. The van der Waals surface area contributed by atoms with E-state index >= 15 is 0 Å². The van der Waals surface area contributed by atoms with Crippen LogP contribution in [0.5, 0.6) is 0 Å². The molecule has 0 rings (SSSR count). The van der Waals surface area contributed by atoms with Crippen molar-refractivity contribution >= 4 is 17.6 Å².